The number of hydrogen-bond donors (Lipinski definition) is 1. The number of nitrogens with one attached hydrogen (secondary N) is 1. The highest BCUT2D eigenvalue weighted by molar-refractivity contribution is 5.26. The highest BCUT2D eigenvalue weighted by atomic mass is 19.4. The minimum Gasteiger partial charge on any atom is -0.308 e. The molecule has 19 heavy (non-hydrogen) atoms. The number of alkyl halides is 3. The first-order valence-corrected chi connectivity index (χ1v) is 5.61. The van der Waals surface area contributed by atoms with Gasteiger partial charge in [0.2, 0.25) is 0 Å². The van der Waals surface area contributed by atoms with Gasteiger partial charge in [0.05, 0.1) is 23.5 Å². The van der Waals surface area contributed by atoms with E-state index in [1.54, 1.807) is 31.2 Å². The summed E-state index contributed by atoms with van der Waals surface area (Å²) in [4.78, 5) is 3.88. The molecule has 2 rings (SSSR count). The Hall–Kier alpha value is -1.89. The molecule has 2 aromatic rings. The lowest BCUT2D eigenvalue weighted by Crippen LogP contribution is -2.19. The predicted molar refractivity (Wildman–Crippen MR) is 63.3 cm³/mol. The monoisotopic (exact) mass is 270 g/mol. The average Bonchev–Trinajstić information content (AvgIpc) is 2.76. The molecule has 102 valence electrons. The van der Waals surface area contributed by atoms with E-state index in [4.69, 9.17) is 0 Å². The van der Waals surface area contributed by atoms with Gasteiger partial charge < -0.3 is 5.32 Å². The Morgan fingerprint density at radius 1 is 1.26 bits per heavy atom. The quantitative estimate of drug-likeness (QED) is 0.929. The first-order chi connectivity index (χ1) is 8.91. The summed E-state index contributed by atoms with van der Waals surface area (Å²) in [7, 11) is 3.49. The van der Waals surface area contributed by atoms with Crippen LogP contribution in [-0.2, 0) is 13.2 Å². The van der Waals surface area contributed by atoms with Crippen LogP contribution in [0.3, 0.4) is 0 Å². The summed E-state index contributed by atoms with van der Waals surface area (Å²) < 4.78 is 39.0. The van der Waals surface area contributed by atoms with Crippen molar-refractivity contribution < 1.29 is 13.2 Å². The Kier molecular flexibility index (Phi) is 3.57. The van der Waals surface area contributed by atoms with Crippen LogP contribution in [0.5, 0.6) is 0 Å². The van der Waals surface area contributed by atoms with Gasteiger partial charge in [-0.25, -0.2) is 0 Å². The molecular formula is C12H13F3N4. The molecule has 0 spiro atoms. The second-order valence-electron chi connectivity index (χ2n) is 4.14. The lowest BCUT2D eigenvalue weighted by atomic mass is 10.1. The molecule has 0 saturated carbocycles. The van der Waals surface area contributed by atoms with Crippen molar-refractivity contribution in [3.8, 4) is 0 Å². The molecule has 0 aromatic carbocycles. The summed E-state index contributed by atoms with van der Waals surface area (Å²) in [6.07, 6.45) is -0.0773. The van der Waals surface area contributed by atoms with Crippen LogP contribution in [0.1, 0.15) is 22.9 Å². The summed E-state index contributed by atoms with van der Waals surface area (Å²) in [6, 6.07) is 2.12. The zero-order chi connectivity index (χ0) is 14.0. The largest absolute Gasteiger partial charge is 0.417 e. The molecule has 1 atom stereocenters. The van der Waals surface area contributed by atoms with Gasteiger partial charge in [0.1, 0.15) is 0 Å². The van der Waals surface area contributed by atoms with Crippen LogP contribution in [-0.4, -0.2) is 21.8 Å². The zero-order valence-electron chi connectivity index (χ0n) is 10.4. The van der Waals surface area contributed by atoms with Gasteiger partial charge in [-0.05, 0) is 19.2 Å². The van der Waals surface area contributed by atoms with E-state index in [0.29, 0.717) is 5.69 Å². The van der Waals surface area contributed by atoms with Crippen LogP contribution in [0, 0.1) is 0 Å². The van der Waals surface area contributed by atoms with E-state index >= 15 is 0 Å². The lowest BCUT2D eigenvalue weighted by Gasteiger charge is -2.14. The van der Waals surface area contributed by atoms with Gasteiger partial charge >= 0.3 is 6.18 Å². The van der Waals surface area contributed by atoms with Crippen molar-refractivity contribution in [2.75, 3.05) is 7.05 Å². The fourth-order valence-corrected chi connectivity index (χ4v) is 1.82. The van der Waals surface area contributed by atoms with Gasteiger partial charge in [0.25, 0.3) is 0 Å². The second kappa shape index (κ2) is 5.00. The van der Waals surface area contributed by atoms with Crippen LogP contribution >= 0.6 is 0 Å². The molecule has 0 radical (unpaired) electrons. The van der Waals surface area contributed by atoms with Crippen LogP contribution in [0.25, 0.3) is 0 Å². The molecule has 0 fully saturated rings. The number of nitrogens with zero attached hydrogens (tertiary/aromatic N) is 3. The molecule has 0 saturated heterocycles. The summed E-state index contributed by atoms with van der Waals surface area (Å²) in [5.74, 6) is 0. The molecule has 4 nitrogen and oxygen atoms in total. The smallest absolute Gasteiger partial charge is 0.308 e. The zero-order valence-corrected chi connectivity index (χ0v) is 10.4. The Balaban J connectivity index is 2.30. The highest BCUT2D eigenvalue weighted by Crippen LogP contribution is 2.29. The van der Waals surface area contributed by atoms with Crippen molar-refractivity contribution in [2.24, 2.45) is 7.05 Å². The van der Waals surface area contributed by atoms with Crippen molar-refractivity contribution in [3.63, 3.8) is 0 Å². The number of aryl methyl sites for hydroxylation is 1. The normalized spacial score (nSPS) is 13.5. The maximum Gasteiger partial charge on any atom is 0.417 e. The third-order valence-electron chi connectivity index (χ3n) is 2.76. The Labute approximate surface area is 108 Å². The minimum atomic E-state index is -4.37. The Morgan fingerprint density at radius 3 is 2.42 bits per heavy atom. The molecule has 1 unspecified atom stereocenters. The summed E-state index contributed by atoms with van der Waals surface area (Å²) in [5.41, 5.74) is 0.609. The molecule has 2 aromatic heterocycles. The molecule has 0 amide bonds. The highest BCUT2D eigenvalue weighted by Gasteiger charge is 2.31. The van der Waals surface area contributed by atoms with Gasteiger partial charge in [-0.15, -0.1) is 0 Å². The molecule has 2 heterocycles. The predicted octanol–water partition coefficient (Wildman–Crippen LogP) is 2.14. The molecule has 0 aliphatic heterocycles. The summed E-state index contributed by atoms with van der Waals surface area (Å²) >= 11 is 0. The fraction of sp³-hybridized carbons (Fsp3) is 0.333. The fourth-order valence-electron chi connectivity index (χ4n) is 1.82. The molecule has 1 N–H and O–H groups in total. The number of aromatic nitrogens is 3. The van der Waals surface area contributed by atoms with Crippen molar-refractivity contribution in [1.29, 1.82) is 0 Å². The van der Waals surface area contributed by atoms with Gasteiger partial charge in [0, 0.05) is 25.0 Å². The number of rotatable bonds is 3. The van der Waals surface area contributed by atoms with Crippen molar-refractivity contribution in [3.05, 3.63) is 47.5 Å². The maximum atomic E-state index is 12.5. The van der Waals surface area contributed by atoms with E-state index in [1.165, 1.54) is 6.07 Å². The van der Waals surface area contributed by atoms with Crippen LogP contribution in [0.4, 0.5) is 13.2 Å². The number of pyridine rings is 1. The lowest BCUT2D eigenvalue weighted by molar-refractivity contribution is -0.137. The standard InChI is InChI=1S/C12H13F3N4/c1-16-11(8-5-18-19(2)7-8)10-4-3-9(6-17-10)12(13,14)15/h3-7,11,16H,1-2H3. The molecule has 0 aliphatic rings. The van der Waals surface area contributed by atoms with E-state index in [9.17, 15) is 13.2 Å². The SMILES string of the molecule is CNC(c1cnn(C)c1)c1ccc(C(F)(F)F)cn1. The van der Waals surface area contributed by atoms with E-state index in [2.05, 4.69) is 15.4 Å². The second-order valence-corrected chi connectivity index (χ2v) is 4.14. The van der Waals surface area contributed by atoms with Gasteiger partial charge in [0.15, 0.2) is 0 Å². The molecule has 7 heteroatoms. The summed E-state index contributed by atoms with van der Waals surface area (Å²) in [5, 5.41) is 7.05. The maximum absolute atomic E-state index is 12.5. The van der Waals surface area contributed by atoms with Crippen molar-refractivity contribution in [2.45, 2.75) is 12.2 Å². The Morgan fingerprint density at radius 2 is 2.00 bits per heavy atom. The first-order valence-electron chi connectivity index (χ1n) is 5.61. The topological polar surface area (TPSA) is 42.7 Å². The van der Waals surface area contributed by atoms with Crippen molar-refractivity contribution in [1.82, 2.24) is 20.1 Å². The minimum absolute atomic E-state index is 0.281. The summed E-state index contributed by atoms with van der Waals surface area (Å²) in [6.45, 7) is 0. The van der Waals surface area contributed by atoms with Gasteiger partial charge in [-0.3, -0.25) is 9.67 Å². The van der Waals surface area contributed by atoms with Gasteiger partial charge in [-0.1, -0.05) is 0 Å². The van der Waals surface area contributed by atoms with Crippen LogP contribution in [0.15, 0.2) is 30.7 Å². The van der Waals surface area contributed by atoms with E-state index in [1.807, 2.05) is 0 Å². The third-order valence-corrected chi connectivity index (χ3v) is 2.76. The van der Waals surface area contributed by atoms with E-state index < -0.39 is 11.7 Å². The molecular weight excluding hydrogens is 257 g/mol. The third kappa shape index (κ3) is 2.93. The van der Waals surface area contributed by atoms with E-state index in [-0.39, 0.29) is 6.04 Å². The first kappa shape index (κ1) is 13.5. The Bertz CT molecular complexity index is 545. The average molecular weight is 270 g/mol. The molecule has 0 bridgehead atoms. The van der Waals surface area contributed by atoms with Gasteiger partial charge in [-0.2, -0.15) is 18.3 Å². The molecule has 0 aliphatic carbocycles. The van der Waals surface area contributed by atoms with Crippen molar-refractivity contribution >= 4 is 0 Å². The van der Waals surface area contributed by atoms with Crippen LogP contribution in [0.2, 0.25) is 0 Å². The van der Waals surface area contributed by atoms with Crippen LogP contribution < -0.4 is 5.32 Å². The number of halogens is 3. The van der Waals surface area contributed by atoms with E-state index in [0.717, 1.165) is 17.8 Å². The number of hydrogen-bond acceptors (Lipinski definition) is 3.